The Morgan fingerprint density at radius 1 is 1.35 bits per heavy atom. The Hall–Kier alpha value is -1.61. The van der Waals surface area contributed by atoms with Gasteiger partial charge in [-0.05, 0) is 31.9 Å². The number of aromatic nitrogens is 1. The molecule has 0 aliphatic heterocycles. The number of nitrogens with one attached hydrogen (secondary N) is 1. The predicted octanol–water partition coefficient (Wildman–Crippen LogP) is 3.87. The van der Waals surface area contributed by atoms with E-state index in [2.05, 4.69) is 10.3 Å². The molecule has 4 heteroatoms. The minimum Gasteiger partial charge on any atom is -0.349 e. The van der Waals surface area contributed by atoms with Gasteiger partial charge in [0.2, 0.25) is 0 Å². The minimum absolute atomic E-state index is 0.0188. The van der Waals surface area contributed by atoms with Gasteiger partial charge < -0.3 is 5.32 Å². The number of carbonyl (C=O) groups excluding carboxylic acids is 1. The van der Waals surface area contributed by atoms with Crippen molar-refractivity contribution in [3.8, 4) is 0 Å². The molecule has 0 saturated heterocycles. The van der Waals surface area contributed by atoms with Gasteiger partial charge in [0, 0.05) is 17.1 Å². The Bertz CT molecular complexity index is 663. The average molecular weight is 289 g/mol. The first-order valence-electron chi connectivity index (χ1n) is 7.02. The Labute approximate surface area is 123 Å². The molecule has 0 unspecified atom stereocenters. The number of benzene rings is 1. The lowest BCUT2D eigenvalue weighted by Crippen LogP contribution is -2.32. The molecule has 2 aromatic rings. The van der Waals surface area contributed by atoms with Crippen molar-refractivity contribution in [2.24, 2.45) is 0 Å². The fourth-order valence-corrected chi connectivity index (χ4v) is 3.08. The van der Waals surface area contributed by atoms with E-state index in [9.17, 15) is 4.79 Å². The maximum absolute atomic E-state index is 12.5. The summed E-state index contributed by atoms with van der Waals surface area (Å²) >= 11 is 6.18. The third-order valence-corrected chi connectivity index (χ3v) is 4.16. The zero-order chi connectivity index (χ0) is 14.1. The maximum Gasteiger partial charge on any atom is 0.252 e. The van der Waals surface area contributed by atoms with Gasteiger partial charge in [0.15, 0.2) is 0 Å². The number of hydrogen-bond donors (Lipinski definition) is 1. The zero-order valence-electron chi connectivity index (χ0n) is 11.4. The molecule has 0 spiro atoms. The van der Waals surface area contributed by atoms with Crippen molar-refractivity contribution in [2.75, 3.05) is 0 Å². The number of aryl methyl sites for hydroxylation is 1. The molecule has 0 radical (unpaired) electrons. The predicted molar refractivity (Wildman–Crippen MR) is 81.2 cm³/mol. The molecule has 1 aromatic heterocycles. The van der Waals surface area contributed by atoms with Crippen molar-refractivity contribution < 1.29 is 4.79 Å². The van der Waals surface area contributed by atoms with Crippen molar-refractivity contribution in [3.05, 3.63) is 40.5 Å². The molecule has 104 valence electrons. The SMILES string of the molecule is Cc1cc(C(=O)NC2CCCC2)c2cccc(Cl)c2n1. The normalized spacial score (nSPS) is 15.7. The molecule has 1 aliphatic rings. The summed E-state index contributed by atoms with van der Waals surface area (Å²) in [5, 5.41) is 4.53. The van der Waals surface area contributed by atoms with Gasteiger partial charge in [-0.3, -0.25) is 9.78 Å². The first-order valence-corrected chi connectivity index (χ1v) is 7.39. The average Bonchev–Trinajstić information content (AvgIpc) is 2.92. The van der Waals surface area contributed by atoms with Gasteiger partial charge >= 0.3 is 0 Å². The number of para-hydroxylation sites is 1. The van der Waals surface area contributed by atoms with Gasteiger partial charge in [0.05, 0.1) is 16.1 Å². The molecular weight excluding hydrogens is 272 g/mol. The van der Waals surface area contributed by atoms with Crippen LogP contribution in [0.3, 0.4) is 0 Å². The number of fused-ring (bicyclic) bond motifs is 1. The molecular formula is C16H17ClN2O. The van der Waals surface area contributed by atoms with Crippen molar-refractivity contribution in [1.29, 1.82) is 0 Å². The van der Waals surface area contributed by atoms with Crippen LogP contribution in [0.1, 0.15) is 41.7 Å². The standard InChI is InChI=1S/C16H17ClN2O/c1-10-9-13(16(20)19-11-5-2-3-6-11)12-7-4-8-14(17)15(12)18-10/h4,7-9,11H,2-3,5-6H2,1H3,(H,19,20). The fourth-order valence-electron chi connectivity index (χ4n) is 2.86. The quantitative estimate of drug-likeness (QED) is 0.911. The summed E-state index contributed by atoms with van der Waals surface area (Å²) in [4.78, 5) is 16.9. The lowest BCUT2D eigenvalue weighted by molar-refractivity contribution is 0.0939. The fraction of sp³-hybridized carbons (Fsp3) is 0.375. The highest BCUT2D eigenvalue weighted by Crippen LogP contribution is 2.26. The summed E-state index contributed by atoms with van der Waals surface area (Å²) in [7, 11) is 0. The smallest absolute Gasteiger partial charge is 0.252 e. The number of rotatable bonds is 2. The lowest BCUT2D eigenvalue weighted by Gasteiger charge is -2.14. The molecule has 1 heterocycles. The third-order valence-electron chi connectivity index (χ3n) is 3.85. The van der Waals surface area contributed by atoms with Gasteiger partial charge in [0.25, 0.3) is 5.91 Å². The van der Waals surface area contributed by atoms with Crippen LogP contribution in [0.25, 0.3) is 10.9 Å². The molecule has 20 heavy (non-hydrogen) atoms. The number of carbonyl (C=O) groups is 1. The van der Waals surface area contributed by atoms with Crippen LogP contribution in [0.5, 0.6) is 0 Å². The molecule has 1 fully saturated rings. The van der Waals surface area contributed by atoms with Gasteiger partial charge in [-0.1, -0.05) is 36.6 Å². The van der Waals surface area contributed by atoms with E-state index in [1.54, 1.807) is 6.07 Å². The minimum atomic E-state index is -0.0188. The highest BCUT2D eigenvalue weighted by molar-refractivity contribution is 6.35. The van der Waals surface area contributed by atoms with Crippen LogP contribution in [0, 0.1) is 6.92 Å². The molecule has 1 amide bonds. The van der Waals surface area contributed by atoms with Crippen LogP contribution < -0.4 is 5.32 Å². The van der Waals surface area contributed by atoms with Gasteiger partial charge in [-0.15, -0.1) is 0 Å². The Morgan fingerprint density at radius 3 is 2.85 bits per heavy atom. The van der Waals surface area contributed by atoms with Crippen molar-refractivity contribution in [1.82, 2.24) is 10.3 Å². The third kappa shape index (κ3) is 2.50. The van der Waals surface area contributed by atoms with Crippen LogP contribution in [0.2, 0.25) is 5.02 Å². The number of nitrogens with zero attached hydrogens (tertiary/aromatic N) is 1. The lowest BCUT2D eigenvalue weighted by atomic mass is 10.1. The molecule has 1 aliphatic carbocycles. The molecule has 3 nitrogen and oxygen atoms in total. The molecule has 0 bridgehead atoms. The number of halogens is 1. The highest BCUT2D eigenvalue weighted by Gasteiger charge is 2.20. The second kappa shape index (κ2) is 5.41. The van der Waals surface area contributed by atoms with Gasteiger partial charge in [-0.25, -0.2) is 0 Å². The molecule has 3 rings (SSSR count). The van der Waals surface area contributed by atoms with E-state index in [0.717, 1.165) is 23.9 Å². The largest absolute Gasteiger partial charge is 0.349 e. The monoisotopic (exact) mass is 288 g/mol. The van der Waals surface area contributed by atoms with Crippen LogP contribution in [0.4, 0.5) is 0 Å². The van der Waals surface area contributed by atoms with E-state index in [4.69, 9.17) is 11.6 Å². The van der Waals surface area contributed by atoms with E-state index < -0.39 is 0 Å². The molecule has 1 saturated carbocycles. The summed E-state index contributed by atoms with van der Waals surface area (Å²) in [6.45, 7) is 1.88. The Kier molecular flexibility index (Phi) is 3.62. The first kappa shape index (κ1) is 13.4. The van der Waals surface area contributed by atoms with E-state index in [-0.39, 0.29) is 5.91 Å². The summed E-state index contributed by atoms with van der Waals surface area (Å²) in [6, 6.07) is 7.70. The topological polar surface area (TPSA) is 42.0 Å². The first-order chi connectivity index (χ1) is 9.65. The summed E-state index contributed by atoms with van der Waals surface area (Å²) < 4.78 is 0. The number of hydrogen-bond acceptors (Lipinski definition) is 2. The van der Waals surface area contributed by atoms with E-state index in [0.29, 0.717) is 22.1 Å². The van der Waals surface area contributed by atoms with Gasteiger partial charge in [0.1, 0.15) is 0 Å². The van der Waals surface area contributed by atoms with Crippen molar-refractivity contribution in [3.63, 3.8) is 0 Å². The Morgan fingerprint density at radius 2 is 2.10 bits per heavy atom. The van der Waals surface area contributed by atoms with Crippen LogP contribution in [0.15, 0.2) is 24.3 Å². The second-order valence-electron chi connectivity index (χ2n) is 5.40. The molecule has 0 atom stereocenters. The van der Waals surface area contributed by atoms with Crippen LogP contribution in [-0.4, -0.2) is 16.9 Å². The molecule has 1 aromatic carbocycles. The van der Waals surface area contributed by atoms with Crippen molar-refractivity contribution in [2.45, 2.75) is 38.6 Å². The number of pyridine rings is 1. The number of amides is 1. The van der Waals surface area contributed by atoms with Crippen LogP contribution in [-0.2, 0) is 0 Å². The molecule has 1 N–H and O–H groups in total. The van der Waals surface area contributed by atoms with E-state index in [1.165, 1.54) is 12.8 Å². The van der Waals surface area contributed by atoms with E-state index in [1.807, 2.05) is 25.1 Å². The van der Waals surface area contributed by atoms with Crippen molar-refractivity contribution >= 4 is 28.4 Å². The second-order valence-corrected chi connectivity index (χ2v) is 5.81. The maximum atomic E-state index is 12.5. The van der Waals surface area contributed by atoms with E-state index >= 15 is 0 Å². The summed E-state index contributed by atoms with van der Waals surface area (Å²) in [5.41, 5.74) is 2.18. The highest BCUT2D eigenvalue weighted by atomic mass is 35.5. The Balaban J connectivity index is 2.01. The van der Waals surface area contributed by atoms with Crippen LogP contribution >= 0.6 is 11.6 Å². The van der Waals surface area contributed by atoms with Gasteiger partial charge in [-0.2, -0.15) is 0 Å². The summed E-state index contributed by atoms with van der Waals surface area (Å²) in [6.07, 6.45) is 4.56. The zero-order valence-corrected chi connectivity index (χ0v) is 12.2. The summed E-state index contributed by atoms with van der Waals surface area (Å²) in [5.74, 6) is -0.0188.